The third-order valence-electron chi connectivity index (χ3n) is 3.60. The zero-order valence-corrected chi connectivity index (χ0v) is 13.6. The van der Waals surface area contributed by atoms with E-state index in [0.29, 0.717) is 4.90 Å². The van der Waals surface area contributed by atoms with Crippen molar-refractivity contribution in [2.75, 3.05) is 14.1 Å². The van der Waals surface area contributed by atoms with Crippen LogP contribution in [0.3, 0.4) is 0 Å². The molecular weight excluding hydrogens is 298 g/mol. The van der Waals surface area contributed by atoms with E-state index in [4.69, 9.17) is 0 Å². The number of aromatic nitrogens is 2. The van der Waals surface area contributed by atoms with Crippen molar-refractivity contribution in [3.8, 4) is 11.3 Å². The van der Waals surface area contributed by atoms with Gasteiger partial charge in [-0.15, -0.1) is 0 Å². The number of sulfonamides is 1. The van der Waals surface area contributed by atoms with E-state index < -0.39 is 10.0 Å². The van der Waals surface area contributed by atoms with E-state index in [1.54, 1.807) is 12.1 Å². The quantitative estimate of drug-likeness (QED) is 0.751. The van der Waals surface area contributed by atoms with Gasteiger partial charge in [-0.05, 0) is 42.8 Å². The second kappa shape index (κ2) is 5.23. The largest absolute Gasteiger partial charge is 0.284 e. The van der Waals surface area contributed by atoms with Gasteiger partial charge in [0.05, 0.1) is 11.1 Å². The average Bonchev–Trinajstić information content (AvgIpc) is 2.90. The molecule has 0 saturated carbocycles. The summed E-state index contributed by atoms with van der Waals surface area (Å²) in [5.41, 5.74) is 4.06. The predicted octanol–water partition coefficient (Wildman–Crippen LogP) is 1.98. The van der Waals surface area contributed by atoms with Gasteiger partial charge in [0.25, 0.3) is 5.65 Å². The Labute approximate surface area is 129 Å². The molecule has 1 aromatic carbocycles. The van der Waals surface area contributed by atoms with Crippen molar-refractivity contribution in [1.29, 1.82) is 0 Å². The third-order valence-corrected chi connectivity index (χ3v) is 5.43. The van der Waals surface area contributed by atoms with Crippen LogP contribution in [-0.2, 0) is 10.0 Å². The summed E-state index contributed by atoms with van der Waals surface area (Å²) >= 11 is 0. The van der Waals surface area contributed by atoms with Crippen molar-refractivity contribution in [2.45, 2.75) is 11.8 Å². The number of fused-ring (bicyclic) bond motifs is 1. The summed E-state index contributed by atoms with van der Waals surface area (Å²) in [4.78, 5) is 3.62. The van der Waals surface area contributed by atoms with Crippen LogP contribution in [-0.4, -0.2) is 31.8 Å². The van der Waals surface area contributed by atoms with Gasteiger partial charge in [0.1, 0.15) is 6.20 Å². The van der Waals surface area contributed by atoms with Gasteiger partial charge >= 0.3 is 0 Å². The number of nitrogens with zero attached hydrogens (tertiary/aromatic N) is 2. The van der Waals surface area contributed by atoms with Gasteiger partial charge in [-0.1, -0.05) is 0 Å². The Morgan fingerprint density at radius 3 is 2.32 bits per heavy atom. The summed E-state index contributed by atoms with van der Waals surface area (Å²) in [5, 5.41) is 0. The standard InChI is InChI=1S/C16H17N3O2S/c1-12-4-9-16-17-15(11-19(16)10-12)13-5-7-14(8-6-13)22(20,21)18(2)3/h4-11H,1-3H3/p+1. The maximum Gasteiger partial charge on any atom is 0.284 e. The van der Waals surface area contributed by atoms with E-state index in [1.165, 1.54) is 24.0 Å². The van der Waals surface area contributed by atoms with Crippen molar-refractivity contribution < 1.29 is 12.8 Å². The first-order valence-electron chi connectivity index (χ1n) is 6.91. The molecule has 0 spiro atoms. The van der Waals surface area contributed by atoms with E-state index in [2.05, 4.69) is 4.98 Å². The Morgan fingerprint density at radius 1 is 1.00 bits per heavy atom. The van der Waals surface area contributed by atoms with Crippen LogP contribution >= 0.6 is 0 Å². The number of pyridine rings is 1. The lowest BCUT2D eigenvalue weighted by Crippen LogP contribution is -2.22. The van der Waals surface area contributed by atoms with E-state index in [0.717, 1.165) is 16.9 Å². The maximum atomic E-state index is 12.1. The zero-order chi connectivity index (χ0) is 15.9. The minimum absolute atomic E-state index is 0.292. The summed E-state index contributed by atoms with van der Waals surface area (Å²) < 4.78 is 27.4. The van der Waals surface area contributed by atoms with Gasteiger partial charge in [-0.2, -0.15) is 0 Å². The first-order valence-corrected chi connectivity index (χ1v) is 8.35. The summed E-state index contributed by atoms with van der Waals surface area (Å²) in [6.07, 6.45) is 4.04. The van der Waals surface area contributed by atoms with E-state index in [9.17, 15) is 8.42 Å². The second-order valence-electron chi connectivity index (χ2n) is 5.48. The highest BCUT2D eigenvalue weighted by Gasteiger charge is 2.18. The molecule has 0 fully saturated rings. The lowest BCUT2D eigenvalue weighted by molar-refractivity contribution is -0.510. The van der Waals surface area contributed by atoms with Crippen LogP contribution in [0.2, 0.25) is 0 Å². The number of hydrogen-bond donors (Lipinski definition) is 1. The molecular formula is C16H18N3O2S+. The predicted molar refractivity (Wildman–Crippen MR) is 85.0 cm³/mol. The van der Waals surface area contributed by atoms with Crippen molar-refractivity contribution in [1.82, 2.24) is 9.29 Å². The molecule has 0 aliphatic heterocycles. The van der Waals surface area contributed by atoms with Gasteiger partial charge in [0.2, 0.25) is 10.0 Å². The second-order valence-corrected chi connectivity index (χ2v) is 7.63. The molecule has 6 heteroatoms. The fourth-order valence-electron chi connectivity index (χ4n) is 2.31. The van der Waals surface area contributed by atoms with Crippen LogP contribution in [0.4, 0.5) is 0 Å². The van der Waals surface area contributed by atoms with Crippen molar-refractivity contribution in [3.05, 3.63) is 54.4 Å². The van der Waals surface area contributed by atoms with Crippen LogP contribution in [0, 0.1) is 6.92 Å². The van der Waals surface area contributed by atoms with E-state index in [-0.39, 0.29) is 0 Å². The van der Waals surface area contributed by atoms with Crippen molar-refractivity contribution >= 4 is 15.7 Å². The van der Waals surface area contributed by atoms with Gasteiger partial charge in [0, 0.05) is 25.7 Å². The Kier molecular flexibility index (Phi) is 3.50. The first-order chi connectivity index (χ1) is 10.4. The molecule has 0 radical (unpaired) electrons. The number of nitrogens with one attached hydrogen (secondary N) is 1. The van der Waals surface area contributed by atoms with Gasteiger partial charge in [-0.25, -0.2) is 22.1 Å². The average molecular weight is 316 g/mol. The molecule has 114 valence electrons. The van der Waals surface area contributed by atoms with E-state index in [1.807, 2.05) is 48.0 Å². The Hall–Kier alpha value is -2.18. The molecule has 0 aliphatic rings. The van der Waals surface area contributed by atoms with Crippen LogP contribution in [0.1, 0.15) is 5.56 Å². The molecule has 0 bridgehead atoms. The SMILES string of the molecule is Cc1ccc2[nH]c(-c3ccc(S(=O)(=O)N(C)C)cc3)c[n+]2c1. The Morgan fingerprint density at radius 2 is 1.68 bits per heavy atom. The topological polar surface area (TPSA) is 57.3 Å². The monoisotopic (exact) mass is 316 g/mol. The maximum absolute atomic E-state index is 12.1. The van der Waals surface area contributed by atoms with Gasteiger partial charge < -0.3 is 0 Å². The smallest absolute Gasteiger partial charge is 0.237 e. The molecule has 0 amide bonds. The zero-order valence-electron chi connectivity index (χ0n) is 12.7. The van der Waals surface area contributed by atoms with Crippen LogP contribution in [0.25, 0.3) is 16.9 Å². The Bertz CT molecular complexity index is 926. The molecule has 5 nitrogen and oxygen atoms in total. The van der Waals surface area contributed by atoms with Crippen molar-refractivity contribution in [3.63, 3.8) is 0 Å². The molecule has 0 atom stereocenters. The fourth-order valence-corrected chi connectivity index (χ4v) is 3.22. The fraction of sp³-hybridized carbons (Fsp3) is 0.188. The number of rotatable bonds is 3. The van der Waals surface area contributed by atoms with Crippen molar-refractivity contribution in [2.24, 2.45) is 0 Å². The summed E-state index contributed by atoms with van der Waals surface area (Å²) in [5.74, 6) is 0. The highest BCUT2D eigenvalue weighted by molar-refractivity contribution is 7.89. The summed E-state index contributed by atoms with van der Waals surface area (Å²) in [7, 11) is -0.333. The highest BCUT2D eigenvalue weighted by Crippen LogP contribution is 2.20. The molecule has 0 aliphatic carbocycles. The molecule has 0 unspecified atom stereocenters. The normalized spacial score (nSPS) is 12.2. The molecule has 3 rings (SSSR count). The van der Waals surface area contributed by atoms with Gasteiger partial charge in [0.15, 0.2) is 5.69 Å². The summed E-state index contributed by atoms with van der Waals surface area (Å²) in [6.45, 7) is 2.04. The number of aromatic amines is 1. The van der Waals surface area contributed by atoms with Crippen LogP contribution < -0.4 is 4.40 Å². The van der Waals surface area contributed by atoms with Crippen LogP contribution in [0.5, 0.6) is 0 Å². The minimum atomic E-state index is -3.39. The lowest BCUT2D eigenvalue weighted by atomic mass is 10.2. The van der Waals surface area contributed by atoms with Gasteiger partial charge in [-0.3, -0.25) is 0 Å². The lowest BCUT2D eigenvalue weighted by Gasteiger charge is -2.11. The molecule has 0 saturated heterocycles. The minimum Gasteiger partial charge on any atom is -0.237 e. The number of imidazole rings is 1. The molecule has 2 heterocycles. The Balaban J connectivity index is 2.01. The number of hydrogen-bond acceptors (Lipinski definition) is 2. The third kappa shape index (κ3) is 2.51. The number of aryl methyl sites for hydroxylation is 1. The molecule has 1 N–H and O–H groups in total. The van der Waals surface area contributed by atoms with E-state index >= 15 is 0 Å². The molecule has 3 aromatic rings. The highest BCUT2D eigenvalue weighted by atomic mass is 32.2. The molecule has 22 heavy (non-hydrogen) atoms. The number of benzene rings is 1. The number of H-pyrrole nitrogens is 1. The first kappa shape index (κ1) is 14.7. The van der Waals surface area contributed by atoms with Crippen LogP contribution in [0.15, 0.2) is 53.7 Å². The summed E-state index contributed by atoms with van der Waals surface area (Å²) in [6, 6.07) is 11.0. The molecule has 2 aromatic heterocycles.